The minimum Gasteiger partial charge on any atom is -0.398 e. The summed E-state index contributed by atoms with van der Waals surface area (Å²) in [5, 5.41) is 0.219. The fourth-order valence-corrected chi connectivity index (χ4v) is 2.80. The second kappa shape index (κ2) is 5.60. The molecule has 0 aliphatic rings. The summed E-state index contributed by atoms with van der Waals surface area (Å²) in [6.45, 7) is 0.270. The van der Waals surface area contributed by atoms with Gasteiger partial charge in [-0.1, -0.05) is 11.6 Å². The topological polar surface area (TPSA) is 101 Å². The zero-order valence-corrected chi connectivity index (χ0v) is 11.5. The average Bonchev–Trinajstić information content (AvgIpc) is 2.85. The molecule has 2 rings (SSSR count). The maximum absolute atomic E-state index is 12.0. The number of hydrogen-bond acceptors (Lipinski definition) is 4. The predicted octanol–water partition coefficient (Wildman–Crippen LogP) is 1.17. The average molecular weight is 301 g/mol. The molecule has 0 amide bonds. The van der Waals surface area contributed by atoms with Crippen molar-refractivity contribution in [3.8, 4) is 0 Å². The van der Waals surface area contributed by atoms with E-state index in [9.17, 15) is 8.42 Å². The van der Waals surface area contributed by atoms with E-state index < -0.39 is 10.0 Å². The van der Waals surface area contributed by atoms with E-state index in [1.807, 2.05) is 0 Å². The van der Waals surface area contributed by atoms with Crippen molar-refractivity contribution in [2.24, 2.45) is 0 Å². The highest BCUT2D eigenvalue weighted by molar-refractivity contribution is 7.89. The first-order chi connectivity index (χ1) is 8.99. The number of sulfonamides is 1. The fourth-order valence-electron chi connectivity index (χ4n) is 1.50. The molecule has 4 N–H and O–H groups in total. The van der Waals surface area contributed by atoms with Crippen LogP contribution >= 0.6 is 11.6 Å². The largest absolute Gasteiger partial charge is 0.398 e. The molecule has 19 heavy (non-hydrogen) atoms. The maximum Gasteiger partial charge on any atom is 0.240 e. The zero-order chi connectivity index (χ0) is 13.9. The Bertz CT molecular complexity index is 655. The van der Waals surface area contributed by atoms with Gasteiger partial charge in [0.15, 0.2) is 0 Å². The van der Waals surface area contributed by atoms with E-state index in [1.54, 1.807) is 12.5 Å². The number of nitrogens with zero attached hydrogens (tertiary/aromatic N) is 1. The number of nitrogen functional groups attached to an aromatic ring is 1. The first-order valence-corrected chi connectivity index (χ1v) is 7.37. The molecule has 102 valence electrons. The lowest BCUT2D eigenvalue weighted by Gasteiger charge is -2.07. The number of halogens is 1. The van der Waals surface area contributed by atoms with Gasteiger partial charge in [0, 0.05) is 24.9 Å². The van der Waals surface area contributed by atoms with Crippen LogP contribution in [0.3, 0.4) is 0 Å². The molecular formula is C11H13ClN4O2S. The molecule has 2 aromatic rings. The van der Waals surface area contributed by atoms with Crippen molar-refractivity contribution < 1.29 is 8.42 Å². The van der Waals surface area contributed by atoms with Crippen LogP contribution in [0.15, 0.2) is 35.6 Å². The first-order valence-electron chi connectivity index (χ1n) is 5.51. The summed E-state index contributed by atoms with van der Waals surface area (Å²) >= 11 is 5.80. The molecule has 0 aliphatic heterocycles. The van der Waals surface area contributed by atoms with E-state index in [-0.39, 0.29) is 16.5 Å². The van der Waals surface area contributed by atoms with Crippen LogP contribution in [0.1, 0.15) is 5.69 Å². The molecule has 0 unspecified atom stereocenters. The van der Waals surface area contributed by atoms with Crippen LogP contribution in [0.4, 0.5) is 5.69 Å². The van der Waals surface area contributed by atoms with Crippen molar-refractivity contribution in [1.82, 2.24) is 14.7 Å². The molecular weight excluding hydrogens is 288 g/mol. The third-order valence-electron chi connectivity index (χ3n) is 2.52. The van der Waals surface area contributed by atoms with Crippen molar-refractivity contribution >= 4 is 27.3 Å². The Hall–Kier alpha value is -1.57. The van der Waals surface area contributed by atoms with Gasteiger partial charge < -0.3 is 10.7 Å². The van der Waals surface area contributed by atoms with Crippen molar-refractivity contribution in [2.45, 2.75) is 11.3 Å². The van der Waals surface area contributed by atoms with Crippen molar-refractivity contribution in [3.63, 3.8) is 0 Å². The molecule has 1 aromatic carbocycles. The second-order valence-corrected chi connectivity index (χ2v) is 6.08. The Morgan fingerprint density at radius 1 is 1.42 bits per heavy atom. The van der Waals surface area contributed by atoms with Crippen LogP contribution in [-0.2, 0) is 16.4 Å². The number of hydrogen-bond donors (Lipinski definition) is 3. The number of aromatic nitrogens is 2. The lowest BCUT2D eigenvalue weighted by Crippen LogP contribution is -2.26. The number of nitrogens with two attached hydrogens (primary N) is 1. The zero-order valence-electron chi connectivity index (χ0n) is 9.93. The van der Waals surface area contributed by atoms with E-state index in [0.29, 0.717) is 12.1 Å². The second-order valence-electron chi connectivity index (χ2n) is 3.91. The minimum atomic E-state index is -3.58. The van der Waals surface area contributed by atoms with Gasteiger partial charge in [0.1, 0.15) is 0 Å². The SMILES string of the molecule is Nc1ccc(S(=O)(=O)NCCc2cnc[nH]2)cc1Cl. The predicted molar refractivity (Wildman–Crippen MR) is 73.3 cm³/mol. The standard InChI is InChI=1S/C11H13ClN4O2S/c12-10-5-9(1-2-11(10)13)19(17,18)16-4-3-8-6-14-7-15-8/h1-2,5-7,16H,3-4,13H2,(H,14,15). The van der Waals surface area contributed by atoms with Crippen LogP contribution in [0.2, 0.25) is 5.02 Å². The normalized spacial score (nSPS) is 11.6. The van der Waals surface area contributed by atoms with E-state index in [4.69, 9.17) is 17.3 Å². The molecule has 0 fully saturated rings. The van der Waals surface area contributed by atoms with Crippen LogP contribution in [0.5, 0.6) is 0 Å². The van der Waals surface area contributed by atoms with Crippen molar-refractivity contribution in [3.05, 3.63) is 41.4 Å². The maximum atomic E-state index is 12.0. The van der Waals surface area contributed by atoms with Gasteiger partial charge in [-0.25, -0.2) is 18.1 Å². The van der Waals surface area contributed by atoms with Gasteiger partial charge in [-0.05, 0) is 18.2 Å². The molecule has 0 aliphatic carbocycles. The Balaban J connectivity index is 2.03. The van der Waals surface area contributed by atoms with E-state index in [1.165, 1.54) is 18.2 Å². The van der Waals surface area contributed by atoms with Gasteiger partial charge in [0.2, 0.25) is 10.0 Å². The number of anilines is 1. The quantitative estimate of drug-likeness (QED) is 0.721. The molecule has 1 aromatic heterocycles. The van der Waals surface area contributed by atoms with Gasteiger partial charge in [-0.2, -0.15) is 0 Å². The number of H-pyrrole nitrogens is 1. The van der Waals surface area contributed by atoms with E-state index >= 15 is 0 Å². The highest BCUT2D eigenvalue weighted by Crippen LogP contribution is 2.22. The summed E-state index contributed by atoms with van der Waals surface area (Å²) in [4.78, 5) is 6.84. The third-order valence-corrected chi connectivity index (χ3v) is 4.31. The Kier molecular flexibility index (Phi) is 4.08. The third kappa shape index (κ3) is 3.46. The Morgan fingerprint density at radius 2 is 2.21 bits per heavy atom. The summed E-state index contributed by atoms with van der Waals surface area (Å²) in [5.41, 5.74) is 6.74. The number of imidazole rings is 1. The number of aromatic amines is 1. The van der Waals surface area contributed by atoms with Crippen LogP contribution in [0.25, 0.3) is 0 Å². The van der Waals surface area contributed by atoms with Gasteiger partial charge in [0.25, 0.3) is 0 Å². The first kappa shape index (κ1) is 13.9. The number of rotatable bonds is 5. The Labute approximate surface area is 116 Å². The van der Waals surface area contributed by atoms with Crippen molar-refractivity contribution in [2.75, 3.05) is 12.3 Å². The molecule has 8 heteroatoms. The van der Waals surface area contributed by atoms with Gasteiger partial charge >= 0.3 is 0 Å². The van der Waals surface area contributed by atoms with Crippen LogP contribution < -0.4 is 10.5 Å². The highest BCUT2D eigenvalue weighted by atomic mass is 35.5. The van der Waals surface area contributed by atoms with Gasteiger partial charge in [0.05, 0.1) is 21.9 Å². The lowest BCUT2D eigenvalue weighted by atomic mass is 10.3. The van der Waals surface area contributed by atoms with E-state index in [2.05, 4.69) is 14.7 Å². The van der Waals surface area contributed by atoms with Crippen LogP contribution in [0, 0.1) is 0 Å². The summed E-state index contributed by atoms with van der Waals surface area (Å²) in [6.07, 6.45) is 3.72. The molecule has 1 heterocycles. The molecule has 0 saturated heterocycles. The molecule has 0 radical (unpaired) electrons. The van der Waals surface area contributed by atoms with Crippen molar-refractivity contribution in [1.29, 1.82) is 0 Å². The Morgan fingerprint density at radius 3 is 2.84 bits per heavy atom. The molecule has 6 nitrogen and oxygen atoms in total. The van der Waals surface area contributed by atoms with Gasteiger partial charge in [-0.15, -0.1) is 0 Å². The lowest BCUT2D eigenvalue weighted by molar-refractivity contribution is 0.581. The summed E-state index contributed by atoms with van der Waals surface area (Å²) < 4.78 is 26.5. The highest BCUT2D eigenvalue weighted by Gasteiger charge is 2.14. The molecule has 0 bridgehead atoms. The smallest absolute Gasteiger partial charge is 0.240 e. The summed E-state index contributed by atoms with van der Waals surface area (Å²) in [6, 6.07) is 4.21. The summed E-state index contributed by atoms with van der Waals surface area (Å²) in [7, 11) is -3.58. The van der Waals surface area contributed by atoms with Crippen LogP contribution in [-0.4, -0.2) is 24.9 Å². The number of nitrogens with one attached hydrogen (secondary N) is 2. The fraction of sp³-hybridized carbons (Fsp3) is 0.182. The monoisotopic (exact) mass is 300 g/mol. The van der Waals surface area contributed by atoms with E-state index in [0.717, 1.165) is 5.69 Å². The molecule has 0 atom stereocenters. The van der Waals surface area contributed by atoms with Gasteiger partial charge in [-0.3, -0.25) is 0 Å². The molecule has 0 spiro atoms. The summed E-state index contributed by atoms with van der Waals surface area (Å²) in [5.74, 6) is 0. The minimum absolute atomic E-state index is 0.0938. The molecule has 0 saturated carbocycles. The number of benzene rings is 1.